The molecule has 1 aromatic carbocycles. The SMILES string of the molecule is COCOc1cc2c(C)cc(=O)oc2cc1C. The van der Waals surface area contributed by atoms with E-state index in [9.17, 15) is 4.79 Å². The maximum atomic E-state index is 11.3. The quantitative estimate of drug-likeness (QED) is 0.604. The molecule has 17 heavy (non-hydrogen) atoms. The second-order valence-corrected chi connectivity index (χ2v) is 3.91. The van der Waals surface area contributed by atoms with E-state index in [-0.39, 0.29) is 12.4 Å². The van der Waals surface area contributed by atoms with Crippen molar-refractivity contribution in [1.82, 2.24) is 0 Å². The summed E-state index contributed by atoms with van der Waals surface area (Å²) in [5.41, 5.74) is 2.03. The molecule has 0 N–H and O–H groups in total. The summed E-state index contributed by atoms with van der Waals surface area (Å²) in [5, 5.41) is 0.876. The normalized spacial score (nSPS) is 10.8. The molecule has 0 fully saturated rings. The Bertz CT molecular complexity index is 598. The van der Waals surface area contributed by atoms with E-state index >= 15 is 0 Å². The number of hydrogen-bond acceptors (Lipinski definition) is 4. The van der Waals surface area contributed by atoms with Crippen LogP contribution in [-0.4, -0.2) is 13.9 Å². The smallest absolute Gasteiger partial charge is 0.336 e. The van der Waals surface area contributed by atoms with Crippen LogP contribution in [-0.2, 0) is 4.74 Å². The van der Waals surface area contributed by atoms with Crippen LogP contribution in [0.3, 0.4) is 0 Å². The van der Waals surface area contributed by atoms with Crippen LogP contribution < -0.4 is 10.4 Å². The third kappa shape index (κ3) is 2.31. The summed E-state index contributed by atoms with van der Waals surface area (Å²) >= 11 is 0. The van der Waals surface area contributed by atoms with E-state index < -0.39 is 0 Å². The van der Waals surface area contributed by atoms with Gasteiger partial charge < -0.3 is 13.9 Å². The monoisotopic (exact) mass is 234 g/mol. The lowest BCUT2D eigenvalue weighted by Crippen LogP contribution is -2.02. The molecule has 2 rings (SSSR count). The van der Waals surface area contributed by atoms with Gasteiger partial charge in [0.15, 0.2) is 6.79 Å². The molecule has 2 aromatic rings. The second-order valence-electron chi connectivity index (χ2n) is 3.91. The van der Waals surface area contributed by atoms with Crippen LogP contribution in [0.5, 0.6) is 5.75 Å². The molecule has 0 saturated heterocycles. The summed E-state index contributed by atoms with van der Waals surface area (Å²) in [6, 6.07) is 5.13. The Labute approximate surface area is 98.8 Å². The second kappa shape index (κ2) is 4.59. The van der Waals surface area contributed by atoms with Crippen LogP contribution in [0.4, 0.5) is 0 Å². The van der Waals surface area contributed by atoms with Gasteiger partial charge in [0.05, 0.1) is 0 Å². The van der Waals surface area contributed by atoms with Gasteiger partial charge >= 0.3 is 5.63 Å². The summed E-state index contributed by atoms with van der Waals surface area (Å²) in [7, 11) is 1.57. The maximum absolute atomic E-state index is 11.3. The lowest BCUT2D eigenvalue weighted by atomic mass is 10.1. The number of aryl methyl sites for hydroxylation is 2. The minimum Gasteiger partial charge on any atom is -0.467 e. The molecule has 1 aromatic heterocycles. The molecule has 90 valence electrons. The molecule has 0 unspecified atom stereocenters. The molecular weight excluding hydrogens is 220 g/mol. The first-order valence-electron chi connectivity index (χ1n) is 5.28. The molecule has 1 heterocycles. The highest BCUT2D eigenvalue weighted by molar-refractivity contribution is 5.82. The summed E-state index contributed by atoms with van der Waals surface area (Å²) in [6.45, 7) is 3.96. The zero-order valence-electron chi connectivity index (χ0n) is 10.1. The van der Waals surface area contributed by atoms with Crippen LogP contribution in [0, 0.1) is 13.8 Å². The van der Waals surface area contributed by atoms with Crippen molar-refractivity contribution in [2.75, 3.05) is 13.9 Å². The Morgan fingerprint density at radius 2 is 1.94 bits per heavy atom. The van der Waals surface area contributed by atoms with Gasteiger partial charge in [0, 0.05) is 18.6 Å². The van der Waals surface area contributed by atoms with Crippen molar-refractivity contribution < 1.29 is 13.9 Å². The molecule has 4 heteroatoms. The maximum Gasteiger partial charge on any atom is 0.336 e. The standard InChI is InChI=1S/C13H14O4/c1-8-5-13(14)17-12-4-9(2)11(6-10(8)12)16-7-15-3/h4-6H,7H2,1-3H3. The van der Waals surface area contributed by atoms with Gasteiger partial charge in [0.2, 0.25) is 0 Å². The summed E-state index contributed by atoms with van der Waals surface area (Å²) < 4.78 is 15.4. The van der Waals surface area contributed by atoms with Crippen molar-refractivity contribution >= 4 is 11.0 Å². The molecule has 0 atom stereocenters. The van der Waals surface area contributed by atoms with Crippen LogP contribution in [0.1, 0.15) is 11.1 Å². The van der Waals surface area contributed by atoms with Crippen molar-refractivity contribution in [3.63, 3.8) is 0 Å². The zero-order valence-corrected chi connectivity index (χ0v) is 10.1. The molecular formula is C13H14O4. The van der Waals surface area contributed by atoms with Gasteiger partial charge in [-0.3, -0.25) is 0 Å². The van der Waals surface area contributed by atoms with Crippen molar-refractivity contribution in [3.05, 3.63) is 39.7 Å². The van der Waals surface area contributed by atoms with E-state index in [0.29, 0.717) is 5.58 Å². The Morgan fingerprint density at radius 1 is 1.18 bits per heavy atom. The van der Waals surface area contributed by atoms with Gasteiger partial charge in [-0.2, -0.15) is 0 Å². The largest absolute Gasteiger partial charge is 0.467 e. The lowest BCUT2D eigenvalue weighted by molar-refractivity contribution is 0.0507. The number of ether oxygens (including phenoxy) is 2. The third-order valence-electron chi connectivity index (χ3n) is 2.58. The summed E-state index contributed by atoms with van der Waals surface area (Å²) in [6.07, 6.45) is 0. The predicted molar refractivity (Wildman–Crippen MR) is 64.5 cm³/mol. The van der Waals surface area contributed by atoms with E-state index in [1.54, 1.807) is 13.2 Å². The van der Waals surface area contributed by atoms with Gasteiger partial charge in [-0.1, -0.05) is 0 Å². The minimum atomic E-state index is -0.333. The zero-order chi connectivity index (χ0) is 12.4. The Hall–Kier alpha value is -1.81. The van der Waals surface area contributed by atoms with Crippen molar-refractivity contribution in [2.24, 2.45) is 0 Å². The van der Waals surface area contributed by atoms with Crippen molar-refractivity contribution in [2.45, 2.75) is 13.8 Å². The van der Waals surface area contributed by atoms with E-state index in [1.807, 2.05) is 19.9 Å². The molecule has 0 aliphatic carbocycles. The Morgan fingerprint density at radius 3 is 2.65 bits per heavy atom. The number of hydrogen-bond donors (Lipinski definition) is 0. The van der Waals surface area contributed by atoms with Gasteiger partial charge in [-0.25, -0.2) is 4.79 Å². The average molecular weight is 234 g/mol. The molecule has 0 saturated carbocycles. The molecule has 0 bridgehead atoms. The van der Waals surface area contributed by atoms with Crippen LogP contribution in [0.25, 0.3) is 11.0 Å². The third-order valence-corrected chi connectivity index (χ3v) is 2.58. The molecule has 0 aliphatic rings. The molecule has 0 radical (unpaired) electrons. The topological polar surface area (TPSA) is 48.7 Å². The fraction of sp³-hybridized carbons (Fsp3) is 0.308. The predicted octanol–water partition coefficient (Wildman–Crippen LogP) is 2.39. The number of fused-ring (bicyclic) bond motifs is 1. The minimum absolute atomic E-state index is 0.197. The van der Waals surface area contributed by atoms with Gasteiger partial charge in [-0.05, 0) is 37.1 Å². The van der Waals surface area contributed by atoms with E-state index in [0.717, 1.165) is 22.3 Å². The first kappa shape index (κ1) is 11.7. The molecule has 4 nitrogen and oxygen atoms in total. The number of rotatable bonds is 3. The fourth-order valence-electron chi connectivity index (χ4n) is 1.72. The van der Waals surface area contributed by atoms with Gasteiger partial charge in [0.25, 0.3) is 0 Å². The fourth-order valence-corrected chi connectivity index (χ4v) is 1.72. The molecule has 0 spiro atoms. The molecule has 0 aliphatic heterocycles. The Kier molecular flexibility index (Phi) is 3.15. The lowest BCUT2D eigenvalue weighted by Gasteiger charge is -2.09. The summed E-state index contributed by atoms with van der Waals surface area (Å²) in [4.78, 5) is 11.3. The molecule has 0 amide bonds. The first-order valence-corrected chi connectivity index (χ1v) is 5.28. The van der Waals surface area contributed by atoms with E-state index in [2.05, 4.69) is 0 Å². The van der Waals surface area contributed by atoms with E-state index in [4.69, 9.17) is 13.9 Å². The average Bonchev–Trinajstić information content (AvgIpc) is 2.26. The Balaban J connectivity index is 2.59. The van der Waals surface area contributed by atoms with Crippen LogP contribution >= 0.6 is 0 Å². The van der Waals surface area contributed by atoms with Crippen LogP contribution in [0.2, 0.25) is 0 Å². The van der Waals surface area contributed by atoms with Crippen LogP contribution in [0.15, 0.2) is 27.4 Å². The summed E-state index contributed by atoms with van der Waals surface area (Å²) in [5.74, 6) is 0.733. The van der Waals surface area contributed by atoms with Crippen molar-refractivity contribution in [1.29, 1.82) is 0 Å². The van der Waals surface area contributed by atoms with E-state index in [1.165, 1.54) is 6.07 Å². The van der Waals surface area contributed by atoms with Crippen molar-refractivity contribution in [3.8, 4) is 5.75 Å². The van der Waals surface area contributed by atoms with Gasteiger partial charge in [-0.15, -0.1) is 0 Å². The first-order chi connectivity index (χ1) is 8.11. The highest BCUT2D eigenvalue weighted by Gasteiger charge is 2.07. The number of benzene rings is 1. The highest BCUT2D eigenvalue weighted by atomic mass is 16.7. The number of methoxy groups -OCH3 is 1. The van der Waals surface area contributed by atoms with Gasteiger partial charge in [0.1, 0.15) is 11.3 Å². The highest BCUT2D eigenvalue weighted by Crippen LogP contribution is 2.26.